The molecule has 0 amide bonds. The Kier molecular flexibility index (Phi) is 2.81. The first-order valence-electron chi connectivity index (χ1n) is 8.44. The minimum absolute atomic E-state index is 0.616. The third kappa shape index (κ3) is 1.93. The fraction of sp³-hybridized carbons (Fsp3) is 0.182. The molecule has 0 unspecified atom stereocenters. The summed E-state index contributed by atoms with van der Waals surface area (Å²) in [6.45, 7) is 0. The Morgan fingerprint density at radius 2 is 1.13 bits per heavy atom. The molecule has 4 aromatic rings. The van der Waals surface area contributed by atoms with Gasteiger partial charge in [-0.2, -0.15) is 0 Å². The summed E-state index contributed by atoms with van der Waals surface area (Å²) in [4.78, 5) is 0. The molecule has 0 spiro atoms. The van der Waals surface area contributed by atoms with E-state index in [4.69, 9.17) is 0 Å². The fourth-order valence-electron chi connectivity index (χ4n) is 4.14. The van der Waals surface area contributed by atoms with Gasteiger partial charge >= 0.3 is 0 Å². The molecule has 0 atom stereocenters. The van der Waals surface area contributed by atoms with Gasteiger partial charge in [-0.3, -0.25) is 0 Å². The van der Waals surface area contributed by atoms with E-state index in [1.54, 1.807) is 0 Å². The van der Waals surface area contributed by atoms with Gasteiger partial charge < -0.3 is 4.57 Å². The van der Waals surface area contributed by atoms with Gasteiger partial charge in [-0.25, -0.2) is 0 Å². The molecule has 0 aliphatic heterocycles. The highest BCUT2D eigenvalue weighted by Gasteiger charge is 2.33. The predicted octanol–water partition coefficient (Wildman–Crippen LogP) is 5.91. The highest BCUT2D eigenvalue weighted by Crippen LogP contribution is 2.47. The van der Waals surface area contributed by atoms with E-state index in [2.05, 4.69) is 83.4 Å². The number of hydrogen-bond donors (Lipinski definition) is 0. The first-order chi connectivity index (χ1) is 11.4. The van der Waals surface area contributed by atoms with Crippen molar-refractivity contribution in [3.63, 3.8) is 0 Å². The minimum Gasteiger partial charge on any atom is -0.337 e. The van der Waals surface area contributed by atoms with Gasteiger partial charge in [0, 0.05) is 27.8 Å². The van der Waals surface area contributed by atoms with Crippen molar-refractivity contribution in [2.75, 3.05) is 0 Å². The van der Waals surface area contributed by atoms with Crippen molar-refractivity contribution in [2.45, 2.75) is 24.8 Å². The Morgan fingerprint density at radius 1 is 0.609 bits per heavy atom. The summed E-state index contributed by atoms with van der Waals surface area (Å²) < 4.78 is 2.57. The van der Waals surface area contributed by atoms with Crippen LogP contribution in [0, 0.1) is 0 Å². The Labute approximate surface area is 136 Å². The van der Waals surface area contributed by atoms with E-state index in [9.17, 15) is 0 Å². The Morgan fingerprint density at radius 3 is 1.74 bits per heavy atom. The maximum Gasteiger partial charge on any atom is 0.0493 e. The van der Waals surface area contributed by atoms with Crippen molar-refractivity contribution < 1.29 is 0 Å². The zero-order valence-electron chi connectivity index (χ0n) is 13.0. The van der Waals surface area contributed by atoms with Crippen LogP contribution in [0.4, 0.5) is 0 Å². The summed E-state index contributed by atoms with van der Waals surface area (Å²) in [6, 6.07) is 29.2. The molecule has 0 bridgehead atoms. The first kappa shape index (κ1) is 13.0. The van der Waals surface area contributed by atoms with E-state index in [0.717, 1.165) is 0 Å². The van der Waals surface area contributed by atoms with Gasteiger partial charge in [-0.05, 0) is 36.5 Å². The van der Waals surface area contributed by atoms with Crippen molar-refractivity contribution >= 4 is 21.8 Å². The van der Waals surface area contributed by atoms with E-state index in [0.29, 0.717) is 12.0 Å². The molecule has 0 N–H and O–H groups in total. The zero-order chi connectivity index (χ0) is 15.2. The molecule has 23 heavy (non-hydrogen) atoms. The van der Waals surface area contributed by atoms with E-state index in [-0.39, 0.29) is 0 Å². The lowest BCUT2D eigenvalue weighted by Crippen LogP contribution is -2.25. The molecule has 1 fully saturated rings. The van der Waals surface area contributed by atoms with Crippen LogP contribution >= 0.6 is 0 Å². The molecule has 1 aliphatic carbocycles. The molecule has 1 nitrogen and oxygen atoms in total. The first-order valence-corrected chi connectivity index (χ1v) is 8.44. The molecular weight excluding hydrogens is 278 g/mol. The average molecular weight is 297 g/mol. The van der Waals surface area contributed by atoms with Gasteiger partial charge in [-0.15, -0.1) is 0 Å². The molecule has 1 saturated carbocycles. The third-order valence-corrected chi connectivity index (χ3v) is 5.37. The van der Waals surface area contributed by atoms with Crippen LogP contribution in [0.2, 0.25) is 0 Å². The van der Waals surface area contributed by atoms with Crippen LogP contribution < -0.4 is 0 Å². The Bertz CT molecular complexity index is 921. The third-order valence-electron chi connectivity index (χ3n) is 5.37. The van der Waals surface area contributed by atoms with E-state index in [1.165, 1.54) is 40.2 Å². The van der Waals surface area contributed by atoms with Crippen molar-refractivity contribution in [2.24, 2.45) is 0 Å². The molecule has 1 heterocycles. The fourth-order valence-corrected chi connectivity index (χ4v) is 4.14. The Balaban J connectivity index is 1.58. The molecule has 1 heteroatoms. The van der Waals surface area contributed by atoms with Crippen molar-refractivity contribution in [1.82, 2.24) is 4.57 Å². The number of fused-ring (bicyclic) bond motifs is 3. The quantitative estimate of drug-likeness (QED) is 0.433. The monoisotopic (exact) mass is 297 g/mol. The lowest BCUT2D eigenvalue weighted by molar-refractivity contribution is 0.277. The molecule has 5 rings (SSSR count). The largest absolute Gasteiger partial charge is 0.337 e. The van der Waals surface area contributed by atoms with Crippen LogP contribution in [-0.2, 0) is 0 Å². The van der Waals surface area contributed by atoms with Crippen LogP contribution in [0.3, 0.4) is 0 Å². The highest BCUT2D eigenvalue weighted by atomic mass is 15.0. The van der Waals surface area contributed by atoms with Gasteiger partial charge in [0.2, 0.25) is 0 Å². The summed E-state index contributed by atoms with van der Waals surface area (Å²) in [5.41, 5.74) is 4.25. The molecule has 112 valence electrons. The molecule has 0 radical (unpaired) electrons. The van der Waals surface area contributed by atoms with Gasteiger partial charge in [0.1, 0.15) is 0 Å². The van der Waals surface area contributed by atoms with Crippen molar-refractivity contribution in [1.29, 1.82) is 0 Å². The van der Waals surface area contributed by atoms with Crippen LogP contribution in [-0.4, -0.2) is 4.57 Å². The second-order valence-electron chi connectivity index (χ2n) is 6.64. The number of nitrogens with zero attached hydrogens (tertiary/aromatic N) is 1. The van der Waals surface area contributed by atoms with E-state index >= 15 is 0 Å². The topological polar surface area (TPSA) is 4.93 Å². The number of hydrogen-bond acceptors (Lipinski definition) is 0. The summed E-state index contributed by atoms with van der Waals surface area (Å²) >= 11 is 0. The van der Waals surface area contributed by atoms with Gasteiger partial charge in [0.05, 0.1) is 0 Å². The SMILES string of the molecule is c1ccc(C2CC(n3c4ccccc4c4ccccc43)C2)cc1. The normalized spacial score (nSPS) is 20.7. The molecule has 1 aromatic heterocycles. The highest BCUT2D eigenvalue weighted by molar-refractivity contribution is 6.08. The maximum absolute atomic E-state index is 2.57. The summed E-state index contributed by atoms with van der Waals surface area (Å²) in [6.07, 6.45) is 2.49. The van der Waals surface area contributed by atoms with Crippen LogP contribution in [0.25, 0.3) is 21.8 Å². The summed E-state index contributed by atoms with van der Waals surface area (Å²) in [5, 5.41) is 2.76. The smallest absolute Gasteiger partial charge is 0.0493 e. The lowest BCUT2D eigenvalue weighted by atomic mass is 9.75. The van der Waals surface area contributed by atoms with Crippen LogP contribution in [0.5, 0.6) is 0 Å². The maximum atomic E-state index is 2.57. The Hall–Kier alpha value is -2.54. The summed E-state index contributed by atoms with van der Waals surface area (Å²) in [5.74, 6) is 0.709. The van der Waals surface area contributed by atoms with Crippen molar-refractivity contribution in [3.05, 3.63) is 84.4 Å². The van der Waals surface area contributed by atoms with Gasteiger partial charge in [0.25, 0.3) is 0 Å². The van der Waals surface area contributed by atoms with Gasteiger partial charge in [-0.1, -0.05) is 66.7 Å². The number of aromatic nitrogens is 1. The molecule has 3 aromatic carbocycles. The number of benzene rings is 3. The molecule has 1 aliphatic rings. The molecular formula is C22H19N. The van der Waals surface area contributed by atoms with E-state index in [1.807, 2.05) is 0 Å². The second kappa shape index (κ2) is 4.99. The van der Waals surface area contributed by atoms with Crippen LogP contribution in [0.15, 0.2) is 78.9 Å². The minimum atomic E-state index is 0.616. The number of para-hydroxylation sites is 2. The van der Waals surface area contributed by atoms with E-state index < -0.39 is 0 Å². The predicted molar refractivity (Wildman–Crippen MR) is 96.9 cm³/mol. The second-order valence-corrected chi connectivity index (χ2v) is 6.64. The molecule has 0 saturated heterocycles. The summed E-state index contributed by atoms with van der Waals surface area (Å²) in [7, 11) is 0. The van der Waals surface area contributed by atoms with Crippen LogP contribution in [0.1, 0.15) is 30.4 Å². The zero-order valence-corrected chi connectivity index (χ0v) is 13.0. The lowest BCUT2D eigenvalue weighted by Gasteiger charge is -2.37. The standard InChI is InChI=1S/C22H19N/c1-2-8-16(9-3-1)17-14-18(15-17)23-21-12-6-4-10-19(21)20-11-5-7-13-22(20)23/h1-13,17-18H,14-15H2. The average Bonchev–Trinajstić information content (AvgIpc) is 2.90. The van der Waals surface area contributed by atoms with Crippen molar-refractivity contribution in [3.8, 4) is 0 Å². The van der Waals surface area contributed by atoms with Gasteiger partial charge in [0.15, 0.2) is 0 Å². The number of rotatable bonds is 2.